The Kier molecular flexibility index (Phi) is 8.62. The van der Waals surface area contributed by atoms with Crippen molar-refractivity contribution in [3.8, 4) is 11.1 Å². The van der Waals surface area contributed by atoms with Gasteiger partial charge in [0.05, 0.1) is 22.3 Å². The van der Waals surface area contributed by atoms with Gasteiger partial charge < -0.3 is 22.2 Å². The SMILES string of the molecule is CCC(CN)NSc1ccc(-c2cccc3[nH]c(N)nc23)c(/C(N)=N/NN)c1N(C)SON. The van der Waals surface area contributed by atoms with Crippen molar-refractivity contribution in [3.63, 3.8) is 0 Å². The van der Waals surface area contributed by atoms with Gasteiger partial charge in [0.25, 0.3) is 0 Å². The van der Waals surface area contributed by atoms with Gasteiger partial charge in [-0.05, 0) is 36.1 Å². The minimum atomic E-state index is 0.132. The fraction of sp³-hybridized carbons (Fsp3) is 0.263. The van der Waals surface area contributed by atoms with Crippen LogP contribution in [0.5, 0.6) is 0 Å². The number of hydrogen-bond donors (Lipinski definition) is 8. The zero-order valence-electron chi connectivity index (χ0n) is 18.3. The molecule has 13 N–H and O–H groups in total. The van der Waals surface area contributed by atoms with Crippen molar-refractivity contribution in [2.75, 3.05) is 23.6 Å². The second kappa shape index (κ2) is 11.4. The summed E-state index contributed by atoms with van der Waals surface area (Å²) in [6.45, 7) is 2.57. The summed E-state index contributed by atoms with van der Waals surface area (Å²) >= 11 is 2.38. The number of hydrazone groups is 1. The minimum absolute atomic E-state index is 0.132. The molecule has 0 aliphatic carbocycles. The second-order valence-corrected chi connectivity index (χ2v) is 8.78. The van der Waals surface area contributed by atoms with Crippen LogP contribution in [0.3, 0.4) is 0 Å². The summed E-state index contributed by atoms with van der Waals surface area (Å²) in [5, 5.41) is 4.05. The van der Waals surface area contributed by atoms with E-state index in [2.05, 4.69) is 32.2 Å². The predicted molar refractivity (Wildman–Crippen MR) is 137 cm³/mol. The lowest BCUT2D eigenvalue weighted by atomic mass is 9.96. The molecule has 3 rings (SSSR count). The molecule has 1 aromatic heterocycles. The molecule has 0 radical (unpaired) electrons. The highest BCUT2D eigenvalue weighted by Crippen LogP contribution is 2.41. The number of nitrogens with one attached hydrogen (secondary N) is 3. The Hall–Kier alpha value is -2.72. The van der Waals surface area contributed by atoms with Crippen LogP contribution in [0.2, 0.25) is 0 Å². The molecule has 0 saturated carbocycles. The normalized spacial score (nSPS) is 12.8. The van der Waals surface area contributed by atoms with E-state index in [1.807, 2.05) is 30.3 Å². The van der Waals surface area contributed by atoms with Gasteiger partial charge in [-0.1, -0.05) is 25.1 Å². The number of nitrogens with two attached hydrogens (primary N) is 5. The van der Waals surface area contributed by atoms with E-state index < -0.39 is 0 Å². The number of rotatable bonds is 11. The highest BCUT2D eigenvalue weighted by atomic mass is 32.2. The van der Waals surface area contributed by atoms with E-state index in [9.17, 15) is 0 Å². The topological polar surface area (TPSA) is 208 Å². The lowest BCUT2D eigenvalue weighted by Gasteiger charge is -2.25. The van der Waals surface area contributed by atoms with Crippen LogP contribution >= 0.6 is 24.2 Å². The molecule has 0 aliphatic rings. The number of fused-ring (bicyclic) bond motifs is 1. The van der Waals surface area contributed by atoms with Gasteiger partial charge in [0.15, 0.2) is 11.8 Å². The predicted octanol–water partition coefficient (Wildman–Crippen LogP) is 1.12. The maximum absolute atomic E-state index is 6.40. The number of para-hydroxylation sites is 1. The highest BCUT2D eigenvalue weighted by molar-refractivity contribution is 7.98. The Morgan fingerprint density at radius 3 is 2.76 bits per heavy atom. The van der Waals surface area contributed by atoms with Gasteiger partial charge >= 0.3 is 0 Å². The maximum Gasteiger partial charge on any atom is 0.198 e. The number of benzene rings is 2. The lowest BCUT2D eigenvalue weighted by Crippen LogP contribution is -2.31. The fourth-order valence-electron chi connectivity index (χ4n) is 3.39. The van der Waals surface area contributed by atoms with Crippen LogP contribution in [-0.4, -0.2) is 35.4 Å². The molecule has 178 valence electrons. The van der Waals surface area contributed by atoms with Crippen molar-refractivity contribution in [1.29, 1.82) is 0 Å². The first-order valence-corrected chi connectivity index (χ1v) is 11.6. The van der Waals surface area contributed by atoms with E-state index in [1.54, 1.807) is 11.4 Å². The Balaban J connectivity index is 2.27. The molecule has 12 nitrogen and oxygen atoms in total. The number of anilines is 2. The molecule has 0 saturated heterocycles. The molecule has 0 fully saturated rings. The van der Waals surface area contributed by atoms with E-state index in [1.165, 1.54) is 11.9 Å². The number of nitrogens with zero attached hydrogens (tertiary/aromatic N) is 3. The van der Waals surface area contributed by atoms with Gasteiger partial charge in [0, 0.05) is 30.1 Å². The Bertz CT molecular complexity index is 1120. The average Bonchev–Trinajstić information content (AvgIpc) is 3.19. The molecule has 2 aromatic carbocycles. The van der Waals surface area contributed by atoms with Crippen LogP contribution < -0.4 is 43.5 Å². The van der Waals surface area contributed by atoms with Crippen LogP contribution in [0.15, 0.2) is 40.3 Å². The number of imidazole rings is 1. The van der Waals surface area contributed by atoms with Gasteiger partial charge in [0.2, 0.25) is 0 Å². The van der Waals surface area contributed by atoms with Crippen LogP contribution in [0.4, 0.5) is 11.6 Å². The summed E-state index contributed by atoms with van der Waals surface area (Å²) in [5.41, 5.74) is 24.9. The number of H-pyrrole nitrogens is 1. The molecule has 1 unspecified atom stereocenters. The number of aromatic amines is 1. The van der Waals surface area contributed by atoms with Crippen LogP contribution in [0, 0.1) is 0 Å². The third-order valence-electron chi connectivity index (χ3n) is 4.99. The standard InChI is InChI=1S/C19H29N11OS2/c1-3-10(9-20)28-32-14-8-7-11(12-5-4-6-13-16(12)26-19(22)25-13)15(18(21)27-29-23)17(14)30(2)33-31-24/h4-8,10,28-29H,3,9,20,23-24H2,1-2H3,(H2,21,27)(H3,22,25,26). The third-order valence-corrected chi connectivity index (χ3v) is 6.48. The molecule has 33 heavy (non-hydrogen) atoms. The van der Waals surface area contributed by atoms with Gasteiger partial charge in [-0.25, -0.2) is 26.5 Å². The molecular weight excluding hydrogens is 462 g/mol. The van der Waals surface area contributed by atoms with Gasteiger partial charge in [-0.2, -0.15) is 0 Å². The number of hydrogen-bond acceptors (Lipinski definition) is 12. The molecule has 0 amide bonds. The number of amidine groups is 1. The molecule has 0 spiro atoms. The molecule has 14 heteroatoms. The van der Waals surface area contributed by atoms with Gasteiger partial charge in [-0.3, -0.25) is 9.03 Å². The first kappa shape index (κ1) is 24.9. The Labute approximate surface area is 200 Å². The van der Waals surface area contributed by atoms with Crippen LogP contribution in [0.1, 0.15) is 18.9 Å². The van der Waals surface area contributed by atoms with Crippen molar-refractivity contribution < 1.29 is 4.28 Å². The summed E-state index contributed by atoms with van der Waals surface area (Å²) in [7, 11) is 1.81. The molecule has 0 aliphatic heterocycles. The maximum atomic E-state index is 6.40. The zero-order chi connectivity index (χ0) is 24.0. The molecule has 1 heterocycles. The Morgan fingerprint density at radius 2 is 2.09 bits per heavy atom. The quantitative estimate of drug-likeness (QED) is 0.0474. The van der Waals surface area contributed by atoms with Gasteiger partial charge in [-0.15, -0.1) is 5.10 Å². The third kappa shape index (κ3) is 5.44. The summed E-state index contributed by atoms with van der Waals surface area (Å²) < 4.78 is 9.98. The first-order valence-electron chi connectivity index (χ1n) is 10.0. The van der Waals surface area contributed by atoms with Crippen molar-refractivity contribution >= 4 is 52.7 Å². The second-order valence-electron chi connectivity index (χ2n) is 7.01. The molecule has 1 atom stereocenters. The summed E-state index contributed by atoms with van der Waals surface area (Å²) in [6, 6.07) is 9.80. The smallest absolute Gasteiger partial charge is 0.198 e. The largest absolute Gasteiger partial charge is 0.382 e. The number of aromatic nitrogens is 2. The van der Waals surface area contributed by atoms with E-state index in [4.69, 9.17) is 33.2 Å². The lowest BCUT2D eigenvalue weighted by molar-refractivity contribution is 0.397. The molecule has 3 aromatic rings. The van der Waals surface area contributed by atoms with Crippen molar-refractivity contribution in [2.24, 2.45) is 28.3 Å². The minimum Gasteiger partial charge on any atom is -0.382 e. The fourth-order valence-corrected chi connectivity index (χ4v) is 4.87. The molecular formula is C19H29N11OS2. The van der Waals surface area contributed by atoms with Crippen molar-refractivity contribution in [3.05, 3.63) is 35.9 Å². The van der Waals surface area contributed by atoms with Crippen molar-refractivity contribution in [1.82, 2.24) is 20.2 Å². The number of hydrazine groups is 1. The monoisotopic (exact) mass is 491 g/mol. The summed E-state index contributed by atoms with van der Waals surface area (Å²) in [6.07, 6.45) is 0.879. The highest BCUT2D eigenvalue weighted by Gasteiger charge is 2.24. The van der Waals surface area contributed by atoms with E-state index in [0.717, 1.165) is 40.2 Å². The summed E-state index contributed by atoms with van der Waals surface area (Å²) in [5.74, 6) is 11.3. The van der Waals surface area contributed by atoms with E-state index in [-0.39, 0.29) is 11.9 Å². The first-order chi connectivity index (χ1) is 15.9. The van der Waals surface area contributed by atoms with Crippen molar-refractivity contribution in [2.45, 2.75) is 24.3 Å². The van der Waals surface area contributed by atoms with Crippen LogP contribution in [0.25, 0.3) is 22.2 Å². The van der Waals surface area contributed by atoms with E-state index >= 15 is 0 Å². The molecule has 0 bridgehead atoms. The number of nitrogen functional groups attached to an aromatic ring is 1. The Morgan fingerprint density at radius 1 is 1.30 bits per heavy atom. The van der Waals surface area contributed by atoms with Crippen LogP contribution in [-0.2, 0) is 4.28 Å². The average molecular weight is 492 g/mol. The zero-order valence-corrected chi connectivity index (χ0v) is 20.0. The van der Waals surface area contributed by atoms with Gasteiger partial charge in [0.1, 0.15) is 12.2 Å². The summed E-state index contributed by atoms with van der Waals surface area (Å²) in [4.78, 5) is 8.37. The van der Waals surface area contributed by atoms with E-state index in [0.29, 0.717) is 29.3 Å².